The maximum atomic E-state index is 11.6. The summed E-state index contributed by atoms with van der Waals surface area (Å²) < 4.78 is 0. The van der Waals surface area contributed by atoms with Crippen LogP contribution in [0.5, 0.6) is 0 Å². The summed E-state index contributed by atoms with van der Waals surface area (Å²) >= 11 is 0. The van der Waals surface area contributed by atoms with Gasteiger partial charge >= 0.3 is 5.97 Å². The highest BCUT2D eigenvalue weighted by Crippen LogP contribution is 2.07. The Labute approximate surface area is 87.5 Å². The number of piperazine rings is 1. The molecule has 0 saturated carbocycles. The number of amides is 2. The Morgan fingerprint density at radius 3 is 2.47 bits per heavy atom. The molecule has 0 spiro atoms. The van der Waals surface area contributed by atoms with Gasteiger partial charge in [-0.25, -0.2) is 0 Å². The molecule has 15 heavy (non-hydrogen) atoms. The van der Waals surface area contributed by atoms with Crippen LogP contribution in [0.25, 0.3) is 0 Å². The normalized spacial score (nSPS) is 18.9. The minimum Gasteiger partial charge on any atom is -0.481 e. The van der Waals surface area contributed by atoms with E-state index in [4.69, 9.17) is 5.11 Å². The fourth-order valence-electron chi connectivity index (χ4n) is 1.33. The number of carboxylic acids is 1. The molecule has 1 aliphatic rings. The largest absolute Gasteiger partial charge is 0.481 e. The van der Waals surface area contributed by atoms with E-state index in [2.05, 4.69) is 0 Å². The van der Waals surface area contributed by atoms with E-state index < -0.39 is 17.8 Å². The SMILES string of the molecule is CC(C(=O)O)C(=O)N1CCN(C)C(=O)C1. The predicted octanol–water partition coefficient (Wildman–Crippen LogP) is -0.992. The highest BCUT2D eigenvalue weighted by Gasteiger charge is 2.30. The van der Waals surface area contributed by atoms with Crippen molar-refractivity contribution in [3.63, 3.8) is 0 Å². The van der Waals surface area contributed by atoms with Crippen LogP contribution in [0.2, 0.25) is 0 Å². The minimum atomic E-state index is -1.16. The van der Waals surface area contributed by atoms with E-state index in [1.165, 1.54) is 16.7 Å². The van der Waals surface area contributed by atoms with Crippen LogP contribution < -0.4 is 0 Å². The van der Waals surface area contributed by atoms with Crippen LogP contribution in [0.3, 0.4) is 0 Å². The van der Waals surface area contributed by atoms with E-state index in [9.17, 15) is 14.4 Å². The van der Waals surface area contributed by atoms with Gasteiger partial charge < -0.3 is 14.9 Å². The van der Waals surface area contributed by atoms with Crippen molar-refractivity contribution in [1.29, 1.82) is 0 Å². The molecule has 0 radical (unpaired) electrons. The van der Waals surface area contributed by atoms with Crippen molar-refractivity contribution in [2.24, 2.45) is 5.92 Å². The third kappa shape index (κ3) is 2.45. The highest BCUT2D eigenvalue weighted by atomic mass is 16.4. The molecular weight excluding hydrogens is 200 g/mol. The molecule has 6 nitrogen and oxygen atoms in total. The zero-order valence-electron chi connectivity index (χ0n) is 8.77. The maximum Gasteiger partial charge on any atom is 0.315 e. The van der Waals surface area contributed by atoms with Gasteiger partial charge in [-0.1, -0.05) is 0 Å². The smallest absolute Gasteiger partial charge is 0.315 e. The average molecular weight is 214 g/mol. The van der Waals surface area contributed by atoms with E-state index >= 15 is 0 Å². The topological polar surface area (TPSA) is 77.9 Å². The lowest BCUT2D eigenvalue weighted by atomic mass is 10.1. The Morgan fingerprint density at radius 2 is 2.00 bits per heavy atom. The Balaban J connectivity index is 2.62. The van der Waals surface area contributed by atoms with Crippen molar-refractivity contribution in [3.05, 3.63) is 0 Å². The van der Waals surface area contributed by atoms with E-state index in [0.717, 1.165) is 0 Å². The molecular formula is C9H14N2O4. The number of carbonyl (C=O) groups excluding carboxylic acids is 2. The summed E-state index contributed by atoms with van der Waals surface area (Å²) in [5.74, 6) is -2.90. The Hall–Kier alpha value is -1.59. The number of hydrogen-bond donors (Lipinski definition) is 1. The molecule has 1 unspecified atom stereocenters. The number of rotatable bonds is 2. The van der Waals surface area contributed by atoms with Gasteiger partial charge in [0.15, 0.2) is 0 Å². The van der Waals surface area contributed by atoms with Crippen LogP contribution in [-0.4, -0.2) is 59.4 Å². The fourth-order valence-corrected chi connectivity index (χ4v) is 1.33. The molecule has 2 amide bonds. The second-order valence-corrected chi connectivity index (χ2v) is 3.64. The molecule has 0 aromatic heterocycles. The summed E-state index contributed by atoms with van der Waals surface area (Å²) in [7, 11) is 1.66. The second-order valence-electron chi connectivity index (χ2n) is 3.64. The Morgan fingerprint density at radius 1 is 1.40 bits per heavy atom. The first-order chi connectivity index (χ1) is 6.93. The Bertz CT molecular complexity index is 302. The summed E-state index contributed by atoms with van der Waals surface area (Å²) in [5.41, 5.74) is 0. The predicted molar refractivity (Wildman–Crippen MR) is 51.0 cm³/mol. The molecule has 0 aromatic rings. The Kier molecular flexibility index (Phi) is 3.28. The molecule has 1 rings (SSSR count). The molecule has 1 N–H and O–H groups in total. The lowest BCUT2D eigenvalue weighted by molar-refractivity contribution is -0.154. The lowest BCUT2D eigenvalue weighted by Gasteiger charge is -2.32. The van der Waals surface area contributed by atoms with Gasteiger partial charge in [-0.15, -0.1) is 0 Å². The van der Waals surface area contributed by atoms with E-state index in [1.807, 2.05) is 0 Å². The van der Waals surface area contributed by atoms with Crippen LogP contribution in [-0.2, 0) is 14.4 Å². The van der Waals surface area contributed by atoms with Gasteiger partial charge in [0, 0.05) is 20.1 Å². The summed E-state index contributed by atoms with van der Waals surface area (Å²) in [6.45, 7) is 2.16. The zero-order valence-corrected chi connectivity index (χ0v) is 8.77. The van der Waals surface area contributed by atoms with Gasteiger partial charge in [-0.3, -0.25) is 14.4 Å². The van der Waals surface area contributed by atoms with Gasteiger partial charge in [-0.2, -0.15) is 0 Å². The number of nitrogens with zero attached hydrogens (tertiary/aromatic N) is 2. The third-order valence-corrected chi connectivity index (χ3v) is 2.51. The molecule has 6 heteroatoms. The zero-order chi connectivity index (χ0) is 11.6. The van der Waals surface area contributed by atoms with Crippen molar-refractivity contribution in [2.75, 3.05) is 26.7 Å². The molecule has 1 fully saturated rings. The lowest BCUT2D eigenvalue weighted by Crippen LogP contribution is -2.52. The van der Waals surface area contributed by atoms with Gasteiger partial charge in [0.2, 0.25) is 11.8 Å². The first-order valence-corrected chi connectivity index (χ1v) is 4.69. The minimum absolute atomic E-state index is 0.0209. The van der Waals surface area contributed by atoms with Gasteiger partial charge in [-0.05, 0) is 6.92 Å². The van der Waals surface area contributed by atoms with Crippen molar-refractivity contribution >= 4 is 17.8 Å². The van der Waals surface area contributed by atoms with Crippen molar-refractivity contribution in [2.45, 2.75) is 6.92 Å². The third-order valence-electron chi connectivity index (χ3n) is 2.51. The summed E-state index contributed by atoms with van der Waals surface area (Å²) in [5, 5.41) is 8.66. The average Bonchev–Trinajstić information content (AvgIpc) is 2.19. The number of carbonyl (C=O) groups is 3. The van der Waals surface area contributed by atoms with Crippen LogP contribution in [0, 0.1) is 5.92 Å². The van der Waals surface area contributed by atoms with Gasteiger partial charge in [0.25, 0.3) is 0 Å². The number of hydrogen-bond acceptors (Lipinski definition) is 3. The van der Waals surface area contributed by atoms with Crippen molar-refractivity contribution < 1.29 is 19.5 Å². The summed E-state index contributed by atoms with van der Waals surface area (Å²) in [4.78, 5) is 36.3. The molecule has 1 heterocycles. The first-order valence-electron chi connectivity index (χ1n) is 4.69. The standard InChI is InChI=1S/C9H14N2O4/c1-6(9(14)15)8(13)11-4-3-10(2)7(12)5-11/h6H,3-5H2,1-2H3,(H,14,15). The number of aliphatic carboxylic acids is 1. The summed E-state index contributed by atoms with van der Waals surface area (Å²) in [6.07, 6.45) is 0. The number of likely N-dealkylation sites (N-methyl/N-ethyl adjacent to an activating group) is 1. The monoisotopic (exact) mass is 214 g/mol. The van der Waals surface area contributed by atoms with Crippen LogP contribution in [0.15, 0.2) is 0 Å². The van der Waals surface area contributed by atoms with Gasteiger partial charge in [0.1, 0.15) is 5.92 Å². The molecule has 1 saturated heterocycles. The molecule has 0 bridgehead atoms. The fraction of sp³-hybridized carbons (Fsp3) is 0.667. The highest BCUT2D eigenvalue weighted by molar-refractivity contribution is 5.98. The van der Waals surface area contributed by atoms with Gasteiger partial charge in [0.05, 0.1) is 6.54 Å². The quantitative estimate of drug-likeness (QED) is 0.598. The second kappa shape index (κ2) is 4.29. The van der Waals surface area contributed by atoms with Crippen molar-refractivity contribution in [1.82, 2.24) is 9.80 Å². The van der Waals surface area contributed by atoms with E-state index in [1.54, 1.807) is 7.05 Å². The molecule has 1 aliphatic heterocycles. The van der Waals surface area contributed by atoms with Crippen LogP contribution >= 0.6 is 0 Å². The molecule has 0 aliphatic carbocycles. The maximum absolute atomic E-state index is 11.6. The molecule has 0 aromatic carbocycles. The van der Waals surface area contributed by atoms with E-state index in [-0.39, 0.29) is 12.5 Å². The summed E-state index contributed by atoms with van der Waals surface area (Å²) in [6, 6.07) is 0. The van der Waals surface area contributed by atoms with E-state index in [0.29, 0.717) is 13.1 Å². The first kappa shape index (κ1) is 11.5. The van der Waals surface area contributed by atoms with Crippen LogP contribution in [0.1, 0.15) is 6.92 Å². The molecule has 1 atom stereocenters. The molecule has 84 valence electrons. The number of carboxylic acid groups (broad SMARTS) is 1. The van der Waals surface area contributed by atoms with Crippen LogP contribution in [0.4, 0.5) is 0 Å². The van der Waals surface area contributed by atoms with Crippen molar-refractivity contribution in [3.8, 4) is 0 Å².